The molecular formula is C15H30N2O. The summed E-state index contributed by atoms with van der Waals surface area (Å²) in [6.45, 7) is 9.86. The van der Waals surface area contributed by atoms with Crippen LogP contribution < -0.4 is 5.73 Å². The summed E-state index contributed by atoms with van der Waals surface area (Å²) in [6, 6.07) is 0. The van der Waals surface area contributed by atoms with E-state index < -0.39 is 0 Å². The van der Waals surface area contributed by atoms with Crippen molar-refractivity contribution in [3.8, 4) is 0 Å². The van der Waals surface area contributed by atoms with Crippen molar-refractivity contribution in [3.63, 3.8) is 0 Å². The molecule has 0 saturated carbocycles. The quantitative estimate of drug-likeness (QED) is 0.838. The number of nitrogens with zero attached hydrogens (tertiary/aromatic N) is 1. The molecule has 0 aromatic carbocycles. The van der Waals surface area contributed by atoms with Crippen LogP contribution in [0.1, 0.15) is 59.3 Å². The highest BCUT2D eigenvalue weighted by atomic mass is 16.5. The molecule has 2 aliphatic heterocycles. The molecule has 2 atom stereocenters. The van der Waals surface area contributed by atoms with Gasteiger partial charge in [0.25, 0.3) is 0 Å². The van der Waals surface area contributed by atoms with Crippen molar-refractivity contribution in [2.24, 2.45) is 5.73 Å². The van der Waals surface area contributed by atoms with Crippen molar-refractivity contribution in [2.75, 3.05) is 19.7 Å². The van der Waals surface area contributed by atoms with E-state index in [2.05, 4.69) is 25.7 Å². The number of hydrogen-bond acceptors (Lipinski definition) is 3. The van der Waals surface area contributed by atoms with Crippen molar-refractivity contribution < 1.29 is 4.74 Å². The lowest BCUT2D eigenvalue weighted by Gasteiger charge is -2.51. The molecule has 0 aromatic heterocycles. The normalized spacial score (nSPS) is 37.0. The van der Waals surface area contributed by atoms with E-state index in [9.17, 15) is 0 Å². The molecule has 2 heterocycles. The smallest absolute Gasteiger partial charge is 0.0593 e. The van der Waals surface area contributed by atoms with E-state index in [0.717, 1.165) is 26.0 Å². The number of ether oxygens (including phenoxy) is 1. The highest BCUT2D eigenvalue weighted by Crippen LogP contribution is 2.41. The third-order valence-corrected chi connectivity index (χ3v) is 4.99. The second kappa shape index (κ2) is 5.48. The van der Waals surface area contributed by atoms with Gasteiger partial charge in [0.05, 0.1) is 6.10 Å². The van der Waals surface area contributed by atoms with Crippen LogP contribution >= 0.6 is 0 Å². The summed E-state index contributed by atoms with van der Waals surface area (Å²) in [5.41, 5.74) is 6.71. The molecule has 0 spiro atoms. The summed E-state index contributed by atoms with van der Waals surface area (Å²) in [6.07, 6.45) is 7.64. The number of rotatable bonds is 4. The minimum absolute atomic E-state index is 0.193. The molecule has 2 unspecified atom stereocenters. The molecule has 2 fully saturated rings. The van der Waals surface area contributed by atoms with Crippen LogP contribution in [-0.2, 0) is 4.74 Å². The standard InChI is InChI=1S/C15H30N2O/c1-4-6-13-11-15(12-16,8-10-18-13)17-9-5-7-14(17,2)3/h13H,4-12,16H2,1-3H3. The van der Waals surface area contributed by atoms with E-state index in [1.807, 2.05) is 0 Å². The van der Waals surface area contributed by atoms with Gasteiger partial charge in [0, 0.05) is 24.2 Å². The van der Waals surface area contributed by atoms with E-state index in [1.54, 1.807) is 0 Å². The Labute approximate surface area is 112 Å². The fraction of sp³-hybridized carbons (Fsp3) is 1.00. The zero-order valence-electron chi connectivity index (χ0n) is 12.4. The van der Waals surface area contributed by atoms with Crippen LogP contribution in [0.5, 0.6) is 0 Å². The average Bonchev–Trinajstić information content (AvgIpc) is 2.70. The molecule has 0 bridgehead atoms. The fourth-order valence-electron chi connectivity index (χ4n) is 4.04. The molecule has 2 N–H and O–H groups in total. The van der Waals surface area contributed by atoms with Crippen molar-refractivity contribution >= 4 is 0 Å². The molecule has 3 nitrogen and oxygen atoms in total. The first-order valence-electron chi connectivity index (χ1n) is 7.63. The Morgan fingerprint density at radius 3 is 2.67 bits per heavy atom. The first-order valence-corrected chi connectivity index (χ1v) is 7.63. The minimum atomic E-state index is 0.193. The lowest BCUT2D eigenvalue weighted by atomic mass is 9.81. The van der Waals surface area contributed by atoms with Crippen LogP contribution in [0.2, 0.25) is 0 Å². The van der Waals surface area contributed by atoms with Gasteiger partial charge >= 0.3 is 0 Å². The zero-order valence-corrected chi connectivity index (χ0v) is 12.4. The molecule has 0 aliphatic carbocycles. The second-order valence-electron chi connectivity index (χ2n) is 6.73. The van der Waals surface area contributed by atoms with E-state index in [1.165, 1.54) is 32.2 Å². The van der Waals surface area contributed by atoms with Gasteiger partial charge in [0.2, 0.25) is 0 Å². The Morgan fingerprint density at radius 1 is 1.33 bits per heavy atom. The van der Waals surface area contributed by atoms with Crippen molar-refractivity contribution in [1.82, 2.24) is 4.90 Å². The number of hydrogen-bond donors (Lipinski definition) is 1. The lowest BCUT2D eigenvalue weighted by Crippen LogP contribution is -2.62. The summed E-state index contributed by atoms with van der Waals surface area (Å²) in [5.74, 6) is 0. The third-order valence-electron chi connectivity index (χ3n) is 4.99. The van der Waals surface area contributed by atoms with Gasteiger partial charge in [-0.05, 0) is 52.5 Å². The van der Waals surface area contributed by atoms with Gasteiger partial charge in [-0.2, -0.15) is 0 Å². The van der Waals surface area contributed by atoms with Crippen LogP contribution in [0.25, 0.3) is 0 Å². The van der Waals surface area contributed by atoms with E-state index >= 15 is 0 Å². The van der Waals surface area contributed by atoms with E-state index in [4.69, 9.17) is 10.5 Å². The number of nitrogens with two attached hydrogens (primary N) is 1. The molecule has 106 valence electrons. The molecular weight excluding hydrogens is 224 g/mol. The Bertz CT molecular complexity index is 278. The molecule has 3 heteroatoms. The van der Waals surface area contributed by atoms with E-state index in [-0.39, 0.29) is 5.54 Å². The summed E-state index contributed by atoms with van der Waals surface area (Å²) >= 11 is 0. The Morgan fingerprint density at radius 2 is 2.11 bits per heavy atom. The highest BCUT2D eigenvalue weighted by molar-refractivity contribution is 5.04. The van der Waals surface area contributed by atoms with Gasteiger partial charge < -0.3 is 10.5 Å². The van der Waals surface area contributed by atoms with Gasteiger partial charge in [0.1, 0.15) is 0 Å². The van der Waals surface area contributed by atoms with Crippen molar-refractivity contribution in [1.29, 1.82) is 0 Å². The topological polar surface area (TPSA) is 38.5 Å². The zero-order chi connectivity index (χ0) is 13.2. The van der Waals surface area contributed by atoms with Crippen molar-refractivity contribution in [3.05, 3.63) is 0 Å². The minimum Gasteiger partial charge on any atom is -0.378 e. The third kappa shape index (κ3) is 2.59. The first kappa shape index (κ1) is 14.3. The highest BCUT2D eigenvalue weighted by Gasteiger charge is 2.48. The monoisotopic (exact) mass is 254 g/mol. The molecule has 2 saturated heterocycles. The molecule has 0 amide bonds. The van der Waals surface area contributed by atoms with Crippen LogP contribution in [0, 0.1) is 0 Å². The van der Waals surface area contributed by atoms with Gasteiger partial charge in [-0.1, -0.05) is 13.3 Å². The maximum atomic E-state index is 6.20. The lowest BCUT2D eigenvalue weighted by molar-refractivity contribution is -0.0901. The van der Waals surface area contributed by atoms with E-state index in [0.29, 0.717) is 11.6 Å². The van der Waals surface area contributed by atoms with Crippen LogP contribution in [0.15, 0.2) is 0 Å². The van der Waals surface area contributed by atoms with Crippen LogP contribution in [-0.4, -0.2) is 41.8 Å². The summed E-state index contributed by atoms with van der Waals surface area (Å²) in [4.78, 5) is 2.70. The Hall–Kier alpha value is -0.120. The van der Waals surface area contributed by atoms with Crippen LogP contribution in [0.3, 0.4) is 0 Å². The van der Waals surface area contributed by atoms with Gasteiger partial charge in [0.15, 0.2) is 0 Å². The maximum Gasteiger partial charge on any atom is 0.0593 e. The summed E-state index contributed by atoms with van der Waals surface area (Å²) < 4.78 is 5.92. The Kier molecular flexibility index (Phi) is 4.35. The Balaban J connectivity index is 2.14. The predicted molar refractivity (Wildman–Crippen MR) is 75.7 cm³/mol. The van der Waals surface area contributed by atoms with Crippen LogP contribution in [0.4, 0.5) is 0 Å². The van der Waals surface area contributed by atoms with Gasteiger partial charge in [-0.25, -0.2) is 0 Å². The number of likely N-dealkylation sites (tertiary alicyclic amines) is 1. The van der Waals surface area contributed by atoms with Gasteiger partial charge in [-0.3, -0.25) is 4.90 Å². The van der Waals surface area contributed by atoms with Gasteiger partial charge in [-0.15, -0.1) is 0 Å². The molecule has 0 aromatic rings. The molecule has 2 aliphatic rings. The predicted octanol–water partition coefficient (Wildman–Crippen LogP) is 2.54. The molecule has 18 heavy (non-hydrogen) atoms. The molecule has 0 radical (unpaired) electrons. The average molecular weight is 254 g/mol. The summed E-state index contributed by atoms with van der Waals surface area (Å²) in [5, 5.41) is 0. The second-order valence-corrected chi connectivity index (χ2v) is 6.73. The summed E-state index contributed by atoms with van der Waals surface area (Å²) in [7, 11) is 0. The largest absolute Gasteiger partial charge is 0.378 e. The molecule has 2 rings (SSSR count). The maximum absolute atomic E-state index is 6.20. The van der Waals surface area contributed by atoms with Crippen molar-refractivity contribution in [2.45, 2.75) is 76.5 Å². The fourth-order valence-corrected chi connectivity index (χ4v) is 4.04. The first-order chi connectivity index (χ1) is 8.54. The SMILES string of the molecule is CCCC1CC(CN)(N2CCCC2(C)C)CCO1.